The van der Waals surface area contributed by atoms with Crippen LogP contribution in [0.25, 0.3) is 0 Å². The smallest absolute Gasteiger partial charge is 0.340 e. The van der Waals surface area contributed by atoms with E-state index in [1.54, 1.807) is 45.4 Å². The fourth-order valence-corrected chi connectivity index (χ4v) is 2.61. The second-order valence-electron chi connectivity index (χ2n) is 5.55. The molecule has 0 radical (unpaired) electrons. The number of hydrogen-bond acceptors (Lipinski definition) is 5. The zero-order valence-electron chi connectivity index (χ0n) is 15.7. The van der Waals surface area contributed by atoms with E-state index in [1.807, 2.05) is 18.2 Å². The van der Waals surface area contributed by atoms with Crippen molar-refractivity contribution in [3.63, 3.8) is 0 Å². The van der Waals surface area contributed by atoms with Gasteiger partial charge < -0.3 is 24.8 Å². The minimum Gasteiger partial charge on any atom is -0.493 e. The van der Waals surface area contributed by atoms with E-state index in [0.717, 1.165) is 5.56 Å². The van der Waals surface area contributed by atoms with Gasteiger partial charge in [0.25, 0.3) is 0 Å². The van der Waals surface area contributed by atoms with E-state index < -0.39 is 12.0 Å². The van der Waals surface area contributed by atoms with Gasteiger partial charge in [0.2, 0.25) is 0 Å². The Bertz CT molecular complexity index is 792. The van der Waals surface area contributed by atoms with E-state index in [9.17, 15) is 9.59 Å². The van der Waals surface area contributed by atoms with Gasteiger partial charge in [-0.2, -0.15) is 0 Å². The highest BCUT2D eigenvalue weighted by Gasteiger charge is 2.14. The summed E-state index contributed by atoms with van der Waals surface area (Å²) in [4.78, 5) is 24.1. The van der Waals surface area contributed by atoms with Crippen molar-refractivity contribution in [2.75, 3.05) is 32.7 Å². The maximum absolute atomic E-state index is 12.2. The number of amides is 2. The Labute approximate surface area is 158 Å². The maximum Gasteiger partial charge on any atom is 0.340 e. The van der Waals surface area contributed by atoms with Crippen LogP contribution in [0.15, 0.2) is 42.5 Å². The van der Waals surface area contributed by atoms with Crippen LogP contribution in [0.1, 0.15) is 22.8 Å². The van der Waals surface area contributed by atoms with Crippen molar-refractivity contribution < 1.29 is 23.8 Å². The maximum atomic E-state index is 12.2. The first-order chi connectivity index (χ1) is 13.1. The van der Waals surface area contributed by atoms with Gasteiger partial charge in [0, 0.05) is 6.54 Å². The first-order valence-electron chi connectivity index (χ1n) is 8.61. The molecule has 0 heterocycles. The quantitative estimate of drug-likeness (QED) is 0.695. The molecule has 27 heavy (non-hydrogen) atoms. The van der Waals surface area contributed by atoms with Crippen molar-refractivity contribution in [2.45, 2.75) is 13.3 Å². The molecule has 0 spiro atoms. The van der Waals surface area contributed by atoms with Crippen molar-refractivity contribution >= 4 is 17.7 Å². The van der Waals surface area contributed by atoms with Crippen molar-refractivity contribution in [3.05, 3.63) is 53.6 Å². The monoisotopic (exact) mass is 372 g/mol. The van der Waals surface area contributed by atoms with E-state index in [4.69, 9.17) is 14.2 Å². The Morgan fingerprint density at radius 1 is 1.00 bits per heavy atom. The molecule has 7 heteroatoms. The average molecular weight is 372 g/mol. The van der Waals surface area contributed by atoms with Crippen molar-refractivity contribution in [3.8, 4) is 11.5 Å². The van der Waals surface area contributed by atoms with Crippen LogP contribution in [0.4, 0.5) is 10.5 Å². The van der Waals surface area contributed by atoms with Gasteiger partial charge in [0.15, 0.2) is 11.5 Å². The highest BCUT2D eigenvalue weighted by atomic mass is 16.5. The fraction of sp³-hybridized carbons (Fsp3) is 0.300. The number of carbonyl (C=O) groups excluding carboxylic acids is 2. The van der Waals surface area contributed by atoms with Gasteiger partial charge in [-0.1, -0.05) is 24.3 Å². The second-order valence-corrected chi connectivity index (χ2v) is 5.55. The van der Waals surface area contributed by atoms with Crippen LogP contribution in [-0.4, -0.2) is 39.4 Å². The molecule has 0 bridgehead atoms. The number of methoxy groups -OCH3 is 2. The number of para-hydroxylation sites is 2. The third kappa shape index (κ3) is 5.37. The SMILES string of the molecule is CCOC(=O)c1ccccc1NC(=O)NCCc1cccc(OC)c1OC. The lowest BCUT2D eigenvalue weighted by atomic mass is 10.1. The summed E-state index contributed by atoms with van der Waals surface area (Å²) >= 11 is 0. The lowest BCUT2D eigenvalue weighted by molar-refractivity contribution is 0.0527. The summed E-state index contributed by atoms with van der Waals surface area (Å²) in [6.45, 7) is 2.38. The Kier molecular flexibility index (Phi) is 7.49. The molecule has 0 aliphatic rings. The van der Waals surface area contributed by atoms with Crippen molar-refractivity contribution in [1.82, 2.24) is 5.32 Å². The molecule has 0 aliphatic carbocycles. The third-order valence-corrected chi connectivity index (χ3v) is 3.83. The molecule has 2 rings (SSSR count). The predicted molar refractivity (Wildman–Crippen MR) is 103 cm³/mol. The van der Waals surface area contributed by atoms with Crippen LogP contribution < -0.4 is 20.1 Å². The van der Waals surface area contributed by atoms with E-state index in [0.29, 0.717) is 35.7 Å². The summed E-state index contributed by atoms with van der Waals surface area (Å²) in [7, 11) is 3.15. The highest BCUT2D eigenvalue weighted by Crippen LogP contribution is 2.30. The fourth-order valence-electron chi connectivity index (χ4n) is 2.61. The lowest BCUT2D eigenvalue weighted by Gasteiger charge is -2.14. The number of urea groups is 1. The number of rotatable bonds is 8. The van der Waals surface area contributed by atoms with Gasteiger partial charge in [-0.15, -0.1) is 0 Å². The van der Waals surface area contributed by atoms with Crippen LogP contribution in [0.5, 0.6) is 11.5 Å². The minimum absolute atomic E-state index is 0.266. The first kappa shape index (κ1) is 20.1. The molecule has 0 aliphatic heterocycles. The summed E-state index contributed by atoms with van der Waals surface area (Å²) < 4.78 is 15.7. The lowest BCUT2D eigenvalue weighted by Crippen LogP contribution is -2.31. The third-order valence-electron chi connectivity index (χ3n) is 3.83. The normalized spacial score (nSPS) is 10.0. The van der Waals surface area contributed by atoms with Crippen LogP contribution >= 0.6 is 0 Å². The molecule has 144 valence electrons. The van der Waals surface area contributed by atoms with Gasteiger partial charge in [-0.3, -0.25) is 0 Å². The summed E-state index contributed by atoms with van der Waals surface area (Å²) in [5.74, 6) is 0.812. The standard InChI is InChI=1S/C20H24N2O5/c1-4-27-19(23)15-9-5-6-10-16(15)22-20(24)21-13-12-14-8-7-11-17(25-2)18(14)26-3/h5-11H,4,12-13H2,1-3H3,(H2,21,22,24). The van der Waals surface area contributed by atoms with Gasteiger partial charge in [-0.05, 0) is 37.1 Å². The molecule has 0 saturated carbocycles. The summed E-state index contributed by atoms with van der Waals surface area (Å²) in [5, 5.41) is 5.45. The number of esters is 1. The van der Waals surface area contributed by atoms with Crippen LogP contribution in [0.2, 0.25) is 0 Å². The zero-order chi connectivity index (χ0) is 19.6. The topological polar surface area (TPSA) is 85.9 Å². The van der Waals surface area contributed by atoms with Gasteiger partial charge >= 0.3 is 12.0 Å². The molecule has 0 aromatic heterocycles. The zero-order valence-corrected chi connectivity index (χ0v) is 15.7. The average Bonchev–Trinajstić information content (AvgIpc) is 2.68. The van der Waals surface area contributed by atoms with Gasteiger partial charge in [-0.25, -0.2) is 9.59 Å². The molecule has 0 fully saturated rings. The van der Waals surface area contributed by atoms with E-state index in [2.05, 4.69) is 10.6 Å². The summed E-state index contributed by atoms with van der Waals surface area (Å²) in [5.41, 5.74) is 1.63. The molecular weight excluding hydrogens is 348 g/mol. The van der Waals surface area contributed by atoms with Crippen molar-refractivity contribution in [2.24, 2.45) is 0 Å². The molecule has 2 aromatic rings. The number of nitrogens with one attached hydrogen (secondary N) is 2. The number of benzene rings is 2. The molecule has 0 unspecified atom stereocenters. The van der Waals surface area contributed by atoms with Crippen LogP contribution in [0.3, 0.4) is 0 Å². The predicted octanol–water partition coefficient (Wildman–Crippen LogP) is 3.24. The van der Waals surface area contributed by atoms with E-state index >= 15 is 0 Å². The summed E-state index contributed by atoms with van der Waals surface area (Å²) in [6, 6.07) is 11.9. The Morgan fingerprint density at radius 3 is 2.48 bits per heavy atom. The molecule has 0 atom stereocenters. The Balaban J connectivity index is 1.96. The molecule has 7 nitrogen and oxygen atoms in total. The molecule has 2 amide bonds. The van der Waals surface area contributed by atoms with Crippen molar-refractivity contribution in [1.29, 1.82) is 0 Å². The minimum atomic E-state index is -0.477. The largest absolute Gasteiger partial charge is 0.493 e. The van der Waals surface area contributed by atoms with Gasteiger partial charge in [0.05, 0.1) is 32.1 Å². The van der Waals surface area contributed by atoms with Crippen LogP contribution in [0, 0.1) is 0 Å². The van der Waals surface area contributed by atoms with E-state index in [-0.39, 0.29) is 6.61 Å². The number of carbonyl (C=O) groups is 2. The summed E-state index contributed by atoms with van der Waals surface area (Å²) in [6.07, 6.45) is 0.563. The highest BCUT2D eigenvalue weighted by molar-refractivity contribution is 6.00. The van der Waals surface area contributed by atoms with E-state index in [1.165, 1.54) is 0 Å². The number of hydrogen-bond donors (Lipinski definition) is 2. The van der Waals surface area contributed by atoms with Gasteiger partial charge in [0.1, 0.15) is 0 Å². The first-order valence-corrected chi connectivity index (χ1v) is 8.61. The Morgan fingerprint density at radius 2 is 1.78 bits per heavy atom. The number of ether oxygens (including phenoxy) is 3. The Hall–Kier alpha value is -3.22. The number of anilines is 1. The molecule has 2 aromatic carbocycles. The molecular formula is C20H24N2O5. The second kappa shape index (κ2) is 10.1. The molecule has 0 saturated heterocycles. The molecule has 2 N–H and O–H groups in total. The van der Waals surface area contributed by atoms with Crippen LogP contribution in [-0.2, 0) is 11.2 Å².